The summed E-state index contributed by atoms with van der Waals surface area (Å²) in [5.41, 5.74) is 0.967. The summed E-state index contributed by atoms with van der Waals surface area (Å²) < 4.78 is 6.37. The molecule has 0 aromatic carbocycles. The first-order valence-corrected chi connectivity index (χ1v) is 14.3. The third-order valence-corrected chi connectivity index (χ3v) is 13.2. The number of aliphatic hydroxyl groups is 1. The number of hydrogen-bond acceptors (Lipinski definition) is 3. The van der Waals surface area contributed by atoms with Gasteiger partial charge in [0.25, 0.3) is 0 Å². The second kappa shape index (κ2) is 7.59. The molecule has 4 saturated carbocycles. The van der Waals surface area contributed by atoms with E-state index in [1.54, 1.807) is 0 Å². The molecule has 0 aromatic rings. The van der Waals surface area contributed by atoms with Gasteiger partial charge in [-0.3, -0.25) is 4.79 Å². The molecule has 35 heavy (non-hydrogen) atoms. The number of rotatable bonds is 2. The summed E-state index contributed by atoms with van der Waals surface area (Å²) in [4.78, 5) is 12.9. The summed E-state index contributed by atoms with van der Waals surface area (Å²) in [6.07, 6.45) is 10.8. The molecular formula is C31H50O4. The minimum Gasteiger partial charge on any atom is -0.481 e. The SMILES string of the molecule is CO[C@@H]1C=C2[C@@H]3CC(C)(C)CC[C@]3(C(=O)O)CC[C@@]2(C)[C@]2(C)CC[C@H]3C(C)(C)[C@H](O)CC[C@]3(C)[C@@H]12. The normalized spacial score (nSPS) is 52.3. The molecule has 0 aromatic heterocycles. The quantitative estimate of drug-likeness (QED) is 0.419. The fourth-order valence-corrected chi connectivity index (χ4v) is 10.9. The van der Waals surface area contributed by atoms with Gasteiger partial charge in [0.05, 0.1) is 17.6 Å². The van der Waals surface area contributed by atoms with Gasteiger partial charge >= 0.3 is 5.97 Å². The summed E-state index contributed by atoms with van der Waals surface area (Å²) in [6, 6.07) is 0. The van der Waals surface area contributed by atoms with Crippen molar-refractivity contribution < 1.29 is 19.7 Å². The Hall–Kier alpha value is -0.870. The van der Waals surface area contributed by atoms with Gasteiger partial charge in [-0.2, -0.15) is 0 Å². The van der Waals surface area contributed by atoms with Gasteiger partial charge < -0.3 is 14.9 Å². The summed E-state index contributed by atoms with van der Waals surface area (Å²) >= 11 is 0. The minimum absolute atomic E-state index is 0.00319. The van der Waals surface area contributed by atoms with E-state index in [0.29, 0.717) is 11.8 Å². The van der Waals surface area contributed by atoms with E-state index >= 15 is 0 Å². The van der Waals surface area contributed by atoms with Gasteiger partial charge in [-0.15, -0.1) is 0 Å². The molecule has 198 valence electrons. The third-order valence-electron chi connectivity index (χ3n) is 13.2. The second-order valence-corrected chi connectivity index (χ2v) is 15.4. The van der Waals surface area contributed by atoms with Gasteiger partial charge in [-0.25, -0.2) is 0 Å². The molecule has 0 unspecified atom stereocenters. The average molecular weight is 487 g/mol. The number of allylic oxidation sites excluding steroid dienone is 1. The van der Waals surface area contributed by atoms with Crippen LogP contribution in [0.1, 0.15) is 106 Å². The van der Waals surface area contributed by atoms with Crippen LogP contribution in [-0.4, -0.2) is 35.5 Å². The minimum atomic E-state index is -0.625. The first-order valence-electron chi connectivity index (χ1n) is 14.3. The molecule has 0 saturated heterocycles. The van der Waals surface area contributed by atoms with Crippen molar-refractivity contribution in [3.63, 3.8) is 0 Å². The van der Waals surface area contributed by atoms with Crippen molar-refractivity contribution in [3.05, 3.63) is 11.6 Å². The topological polar surface area (TPSA) is 66.8 Å². The Morgan fingerprint density at radius 1 is 0.943 bits per heavy atom. The Bertz CT molecular complexity index is 934. The van der Waals surface area contributed by atoms with Crippen LogP contribution in [0.4, 0.5) is 0 Å². The predicted octanol–water partition coefficient (Wildman–Crippen LogP) is 6.86. The van der Waals surface area contributed by atoms with Crippen molar-refractivity contribution in [1.29, 1.82) is 0 Å². The summed E-state index contributed by atoms with van der Waals surface area (Å²) in [5, 5.41) is 21.6. The van der Waals surface area contributed by atoms with Crippen molar-refractivity contribution in [2.45, 2.75) is 118 Å². The number of carboxylic acids is 1. The van der Waals surface area contributed by atoms with E-state index in [2.05, 4.69) is 54.5 Å². The Morgan fingerprint density at radius 3 is 2.23 bits per heavy atom. The highest BCUT2D eigenvalue weighted by Gasteiger charge is 2.71. The van der Waals surface area contributed by atoms with Gasteiger partial charge in [-0.1, -0.05) is 60.1 Å². The Labute approximate surface area is 213 Å². The van der Waals surface area contributed by atoms with Crippen LogP contribution >= 0.6 is 0 Å². The fraction of sp³-hybridized carbons (Fsp3) is 0.903. The number of fused-ring (bicyclic) bond motifs is 7. The molecule has 4 heteroatoms. The molecule has 0 amide bonds. The number of aliphatic hydroxyl groups excluding tert-OH is 1. The highest BCUT2D eigenvalue weighted by molar-refractivity contribution is 5.76. The van der Waals surface area contributed by atoms with Gasteiger partial charge in [-0.05, 0) is 96.7 Å². The Balaban J connectivity index is 1.67. The standard InChI is InChI=1S/C31H50O4/c1-26(2)13-15-31(25(33)34)16-14-29(6)19(20(31)18-26)17-21(35-8)24-28(5)11-10-23(32)27(3,4)22(28)9-12-30(24,29)7/h17,20-24,32H,9-16,18H2,1-8H3,(H,33,34)/t20-,21+,22-,23+,24+,28-,29+,30+,31-/m0/s1. The van der Waals surface area contributed by atoms with E-state index in [1.807, 2.05) is 7.11 Å². The lowest BCUT2D eigenvalue weighted by molar-refractivity contribution is -0.229. The molecule has 4 nitrogen and oxygen atoms in total. The molecule has 4 fully saturated rings. The lowest BCUT2D eigenvalue weighted by Gasteiger charge is -2.72. The van der Waals surface area contributed by atoms with Crippen LogP contribution in [0.2, 0.25) is 0 Å². The zero-order valence-corrected chi connectivity index (χ0v) is 23.5. The van der Waals surface area contributed by atoms with Crippen molar-refractivity contribution >= 4 is 5.97 Å². The van der Waals surface area contributed by atoms with Crippen LogP contribution in [-0.2, 0) is 9.53 Å². The maximum Gasteiger partial charge on any atom is 0.310 e. The monoisotopic (exact) mass is 486 g/mol. The molecule has 2 N–H and O–H groups in total. The number of ether oxygens (including phenoxy) is 1. The third kappa shape index (κ3) is 3.14. The lowest BCUT2D eigenvalue weighted by Crippen LogP contribution is -2.68. The highest BCUT2D eigenvalue weighted by Crippen LogP contribution is 2.76. The van der Waals surface area contributed by atoms with Crippen molar-refractivity contribution in [2.24, 2.45) is 50.2 Å². The summed E-state index contributed by atoms with van der Waals surface area (Å²) in [7, 11) is 1.86. The molecule has 5 aliphatic carbocycles. The van der Waals surface area contributed by atoms with Crippen LogP contribution in [0.5, 0.6) is 0 Å². The molecule has 5 rings (SSSR count). The molecular weight excluding hydrogens is 436 g/mol. The molecule has 0 heterocycles. The van der Waals surface area contributed by atoms with E-state index < -0.39 is 11.4 Å². The van der Waals surface area contributed by atoms with Gasteiger partial charge in [0.1, 0.15) is 0 Å². The molecule has 5 aliphatic rings. The summed E-state index contributed by atoms with van der Waals surface area (Å²) in [5.74, 6) is 0.338. The van der Waals surface area contributed by atoms with E-state index in [1.165, 1.54) is 5.57 Å². The van der Waals surface area contributed by atoms with Crippen LogP contribution in [0.25, 0.3) is 0 Å². The Kier molecular flexibility index (Phi) is 5.59. The maximum atomic E-state index is 12.9. The smallest absolute Gasteiger partial charge is 0.310 e. The summed E-state index contributed by atoms with van der Waals surface area (Å²) in [6.45, 7) is 16.7. The van der Waals surface area contributed by atoms with Crippen LogP contribution in [0.3, 0.4) is 0 Å². The first kappa shape index (κ1) is 25.8. The molecule has 0 spiro atoms. The average Bonchev–Trinajstić information content (AvgIpc) is 2.76. The number of aliphatic carboxylic acids is 1. The van der Waals surface area contributed by atoms with Gasteiger partial charge in [0, 0.05) is 13.0 Å². The number of methoxy groups -OCH3 is 1. The maximum absolute atomic E-state index is 12.9. The zero-order valence-electron chi connectivity index (χ0n) is 23.5. The zero-order chi connectivity index (χ0) is 25.8. The predicted molar refractivity (Wildman–Crippen MR) is 139 cm³/mol. The highest BCUT2D eigenvalue weighted by atomic mass is 16.5. The lowest BCUT2D eigenvalue weighted by atomic mass is 9.33. The fourth-order valence-electron chi connectivity index (χ4n) is 10.9. The van der Waals surface area contributed by atoms with E-state index in [9.17, 15) is 15.0 Å². The Morgan fingerprint density at radius 2 is 1.60 bits per heavy atom. The molecule has 0 bridgehead atoms. The number of hydrogen-bond donors (Lipinski definition) is 2. The molecule has 0 radical (unpaired) electrons. The van der Waals surface area contributed by atoms with Gasteiger partial charge in [0.2, 0.25) is 0 Å². The van der Waals surface area contributed by atoms with Crippen LogP contribution in [0.15, 0.2) is 11.6 Å². The van der Waals surface area contributed by atoms with Crippen molar-refractivity contribution in [1.82, 2.24) is 0 Å². The van der Waals surface area contributed by atoms with E-state index in [4.69, 9.17) is 4.74 Å². The number of carbonyl (C=O) groups is 1. The van der Waals surface area contributed by atoms with Crippen LogP contribution in [0, 0.1) is 50.2 Å². The largest absolute Gasteiger partial charge is 0.481 e. The van der Waals surface area contributed by atoms with Gasteiger partial charge in [0.15, 0.2) is 0 Å². The van der Waals surface area contributed by atoms with Crippen LogP contribution < -0.4 is 0 Å². The molecule has 9 atom stereocenters. The van der Waals surface area contributed by atoms with Crippen molar-refractivity contribution in [3.8, 4) is 0 Å². The van der Waals surface area contributed by atoms with E-state index in [0.717, 1.165) is 57.8 Å². The van der Waals surface area contributed by atoms with E-state index in [-0.39, 0.29) is 45.2 Å². The number of carboxylic acid groups (broad SMARTS) is 1. The first-order chi connectivity index (χ1) is 16.1. The van der Waals surface area contributed by atoms with Crippen molar-refractivity contribution in [2.75, 3.05) is 7.11 Å². The second-order valence-electron chi connectivity index (χ2n) is 15.4. The molecule has 0 aliphatic heterocycles.